The van der Waals surface area contributed by atoms with Crippen LogP contribution in [0.3, 0.4) is 0 Å². The van der Waals surface area contributed by atoms with Crippen molar-refractivity contribution in [3.05, 3.63) is 45.4 Å². The van der Waals surface area contributed by atoms with Gasteiger partial charge in [0.15, 0.2) is 0 Å². The average Bonchev–Trinajstić information content (AvgIpc) is 2.46. The molecule has 0 aliphatic heterocycles. The fourth-order valence-electron chi connectivity index (χ4n) is 2.43. The van der Waals surface area contributed by atoms with Crippen LogP contribution in [0.1, 0.15) is 48.0 Å². The molecule has 1 aliphatic carbocycles. The third-order valence-electron chi connectivity index (χ3n) is 3.62. The molecule has 0 aromatic heterocycles. The van der Waals surface area contributed by atoms with Crippen LogP contribution in [0, 0.1) is 0 Å². The number of rotatable bonds is 6. The Morgan fingerprint density at radius 3 is 2.85 bits per heavy atom. The monoisotopic (exact) mass is 337 g/mol. The number of halogens is 1. The van der Waals surface area contributed by atoms with Gasteiger partial charge in [-0.1, -0.05) is 33.6 Å². The van der Waals surface area contributed by atoms with Crippen LogP contribution in [-0.2, 0) is 6.54 Å². The van der Waals surface area contributed by atoms with E-state index in [2.05, 4.69) is 27.3 Å². The van der Waals surface area contributed by atoms with Crippen molar-refractivity contribution >= 4 is 21.9 Å². The van der Waals surface area contributed by atoms with Crippen LogP contribution in [0.25, 0.3) is 0 Å². The smallest absolute Gasteiger partial charge is 0.335 e. The normalized spacial score (nSPS) is 14.9. The zero-order valence-corrected chi connectivity index (χ0v) is 13.1. The molecule has 2 rings (SSSR count). The highest BCUT2D eigenvalue weighted by molar-refractivity contribution is 9.10. The summed E-state index contributed by atoms with van der Waals surface area (Å²) in [6.45, 7) is 1.73. The minimum absolute atomic E-state index is 0.313. The van der Waals surface area contributed by atoms with E-state index in [9.17, 15) is 4.79 Å². The van der Waals surface area contributed by atoms with Gasteiger partial charge in [-0.15, -0.1) is 0 Å². The summed E-state index contributed by atoms with van der Waals surface area (Å²) < 4.78 is 0.849. The van der Waals surface area contributed by atoms with E-state index in [0.717, 1.165) is 29.5 Å². The second kappa shape index (κ2) is 7.60. The van der Waals surface area contributed by atoms with Crippen molar-refractivity contribution in [2.45, 2.75) is 38.6 Å². The van der Waals surface area contributed by atoms with Crippen molar-refractivity contribution < 1.29 is 9.90 Å². The Morgan fingerprint density at radius 1 is 1.35 bits per heavy atom. The zero-order valence-electron chi connectivity index (χ0n) is 11.5. The Morgan fingerprint density at radius 2 is 2.20 bits per heavy atom. The van der Waals surface area contributed by atoms with Crippen LogP contribution in [-0.4, -0.2) is 17.6 Å². The van der Waals surface area contributed by atoms with Gasteiger partial charge in [0.05, 0.1) is 5.56 Å². The largest absolute Gasteiger partial charge is 0.478 e. The van der Waals surface area contributed by atoms with Gasteiger partial charge < -0.3 is 10.4 Å². The second-order valence-electron chi connectivity index (χ2n) is 5.15. The number of benzene rings is 1. The van der Waals surface area contributed by atoms with Gasteiger partial charge in [0.2, 0.25) is 0 Å². The van der Waals surface area contributed by atoms with Gasteiger partial charge in [-0.25, -0.2) is 4.79 Å². The van der Waals surface area contributed by atoms with Gasteiger partial charge in [0, 0.05) is 11.0 Å². The number of carboxylic acid groups (broad SMARTS) is 1. The van der Waals surface area contributed by atoms with E-state index in [1.165, 1.54) is 25.7 Å². The van der Waals surface area contributed by atoms with Gasteiger partial charge in [-0.3, -0.25) is 0 Å². The van der Waals surface area contributed by atoms with E-state index in [1.54, 1.807) is 17.7 Å². The van der Waals surface area contributed by atoms with Gasteiger partial charge in [0.1, 0.15) is 0 Å². The first-order chi connectivity index (χ1) is 9.66. The molecule has 20 heavy (non-hydrogen) atoms. The van der Waals surface area contributed by atoms with Crippen LogP contribution < -0.4 is 5.32 Å². The van der Waals surface area contributed by atoms with Crippen LogP contribution in [0.2, 0.25) is 0 Å². The fraction of sp³-hybridized carbons (Fsp3) is 0.438. The number of hydrogen-bond acceptors (Lipinski definition) is 2. The van der Waals surface area contributed by atoms with Gasteiger partial charge >= 0.3 is 5.97 Å². The number of allylic oxidation sites excluding steroid dienone is 1. The lowest BCUT2D eigenvalue weighted by Crippen LogP contribution is -2.16. The molecule has 0 heterocycles. The molecule has 0 atom stereocenters. The number of carbonyl (C=O) groups is 1. The molecule has 0 radical (unpaired) electrons. The summed E-state index contributed by atoms with van der Waals surface area (Å²) in [5.41, 5.74) is 2.98. The van der Waals surface area contributed by atoms with E-state index in [0.29, 0.717) is 5.56 Å². The predicted molar refractivity (Wildman–Crippen MR) is 84.0 cm³/mol. The van der Waals surface area contributed by atoms with E-state index in [-0.39, 0.29) is 0 Å². The summed E-state index contributed by atoms with van der Waals surface area (Å²) in [6.07, 6.45) is 8.64. The minimum Gasteiger partial charge on any atom is -0.478 e. The van der Waals surface area contributed by atoms with Crippen molar-refractivity contribution in [2.75, 3.05) is 6.54 Å². The standard InChI is InChI=1S/C16H20BrNO2/c17-15-10-13(16(19)20)6-7-14(15)11-18-9-8-12-4-2-1-3-5-12/h4,6-7,10,18H,1-3,5,8-9,11H2,(H,19,20). The topological polar surface area (TPSA) is 49.3 Å². The average molecular weight is 338 g/mol. The zero-order chi connectivity index (χ0) is 14.4. The maximum Gasteiger partial charge on any atom is 0.335 e. The van der Waals surface area contributed by atoms with Gasteiger partial charge in [0.25, 0.3) is 0 Å². The number of nitrogens with one attached hydrogen (secondary N) is 1. The summed E-state index contributed by atoms with van der Waals surface area (Å²) >= 11 is 3.43. The highest BCUT2D eigenvalue weighted by Crippen LogP contribution is 2.20. The predicted octanol–water partition coefficient (Wildman–Crippen LogP) is 4.13. The first-order valence-electron chi connectivity index (χ1n) is 7.07. The Kier molecular flexibility index (Phi) is 5.80. The highest BCUT2D eigenvalue weighted by Gasteiger charge is 2.07. The molecule has 0 unspecified atom stereocenters. The van der Waals surface area contributed by atoms with E-state index >= 15 is 0 Å². The number of aromatic carboxylic acids is 1. The Labute approximate surface area is 128 Å². The molecule has 0 saturated heterocycles. The van der Waals surface area contributed by atoms with Crippen molar-refractivity contribution in [2.24, 2.45) is 0 Å². The van der Waals surface area contributed by atoms with Crippen LogP contribution in [0.4, 0.5) is 0 Å². The molecule has 0 saturated carbocycles. The molecule has 1 aromatic carbocycles. The molecule has 1 aliphatic rings. The number of carboxylic acids is 1. The summed E-state index contributed by atoms with van der Waals surface area (Å²) in [5, 5.41) is 12.3. The minimum atomic E-state index is -0.894. The fourth-order valence-corrected chi connectivity index (χ4v) is 2.95. The maximum absolute atomic E-state index is 10.9. The van der Waals surface area contributed by atoms with Crippen molar-refractivity contribution in [3.63, 3.8) is 0 Å². The molecule has 1 aromatic rings. The molecule has 3 nitrogen and oxygen atoms in total. The third kappa shape index (κ3) is 4.46. The SMILES string of the molecule is O=C(O)c1ccc(CNCCC2=CCCCC2)c(Br)c1. The Hall–Kier alpha value is -1.13. The van der Waals surface area contributed by atoms with E-state index in [4.69, 9.17) is 5.11 Å². The molecular formula is C16H20BrNO2. The molecular weight excluding hydrogens is 318 g/mol. The van der Waals surface area contributed by atoms with Gasteiger partial charge in [-0.05, 0) is 56.3 Å². The molecule has 108 valence electrons. The number of hydrogen-bond donors (Lipinski definition) is 2. The second-order valence-corrected chi connectivity index (χ2v) is 6.00. The molecule has 0 spiro atoms. The highest BCUT2D eigenvalue weighted by atomic mass is 79.9. The van der Waals surface area contributed by atoms with Crippen LogP contribution in [0.5, 0.6) is 0 Å². The van der Waals surface area contributed by atoms with Crippen LogP contribution in [0.15, 0.2) is 34.3 Å². The van der Waals surface area contributed by atoms with Crippen molar-refractivity contribution in [3.8, 4) is 0 Å². The third-order valence-corrected chi connectivity index (χ3v) is 4.36. The molecule has 0 fully saturated rings. The lowest BCUT2D eigenvalue weighted by molar-refractivity contribution is 0.0697. The molecule has 0 amide bonds. The first-order valence-corrected chi connectivity index (χ1v) is 7.86. The van der Waals surface area contributed by atoms with Crippen molar-refractivity contribution in [1.29, 1.82) is 0 Å². The summed E-state index contributed by atoms with van der Waals surface area (Å²) in [7, 11) is 0. The first kappa shape index (κ1) is 15.3. The molecule has 0 bridgehead atoms. The van der Waals surface area contributed by atoms with Crippen molar-refractivity contribution in [1.82, 2.24) is 5.32 Å². The van der Waals surface area contributed by atoms with E-state index < -0.39 is 5.97 Å². The summed E-state index contributed by atoms with van der Waals surface area (Å²) in [5.74, 6) is -0.894. The quantitative estimate of drug-likeness (QED) is 0.606. The molecule has 2 N–H and O–H groups in total. The molecule has 4 heteroatoms. The maximum atomic E-state index is 10.9. The lowest BCUT2D eigenvalue weighted by atomic mass is 9.97. The van der Waals surface area contributed by atoms with E-state index in [1.807, 2.05) is 6.07 Å². The summed E-state index contributed by atoms with van der Waals surface area (Å²) in [4.78, 5) is 10.9. The van der Waals surface area contributed by atoms with Gasteiger partial charge in [-0.2, -0.15) is 0 Å². The Balaban J connectivity index is 1.79. The van der Waals surface area contributed by atoms with Crippen LogP contribution >= 0.6 is 15.9 Å². The summed E-state index contributed by atoms with van der Waals surface area (Å²) in [6, 6.07) is 5.16. The Bertz CT molecular complexity index is 511. The lowest BCUT2D eigenvalue weighted by Gasteiger charge is -2.13.